The fraction of sp³-hybridized carbons (Fsp3) is 0.625. The summed E-state index contributed by atoms with van der Waals surface area (Å²) in [5.74, 6) is 0.284. The number of aromatic nitrogens is 6. The maximum absolute atomic E-state index is 15.3. The Kier molecular flexibility index (Phi) is 27.3. The van der Waals surface area contributed by atoms with Crippen molar-refractivity contribution in [2.45, 2.75) is 311 Å². The summed E-state index contributed by atoms with van der Waals surface area (Å²) in [6.45, 7) is 37.7. The van der Waals surface area contributed by atoms with Crippen LogP contribution in [-0.4, -0.2) is 98.9 Å². The average Bonchev–Trinajstić information content (AvgIpc) is 1.53. The number of carbonyl (C=O) groups is 2. The van der Waals surface area contributed by atoms with Crippen LogP contribution in [-0.2, 0) is 58.5 Å². The van der Waals surface area contributed by atoms with Gasteiger partial charge >= 0.3 is 6.09 Å². The maximum Gasteiger partial charge on any atom is 0.411 e. The van der Waals surface area contributed by atoms with Gasteiger partial charge in [0.1, 0.15) is 28.6 Å². The fourth-order valence-corrected chi connectivity index (χ4v) is 17.1. The van der Waals surface area contributed by atoms with E-state index < -0.39 is 23.5 Å². The Morgan fingerprint density at radius 3 is 1.88 bits per heavy atom. The minimum absolute atomic E-state index is 0.00741. The number of rotatable bonds is 15. The summed E-state index contributed by atoms with van der Waals surface area (Å²) in [6, 6.07) is 38.0. The zero-order valence-electron chi connectivity index (χ0n) is 66.9. The van der Waals surface area contributed by atoms with Gasteiger partial charge in [-0.2, -0.15) is 23.4 Å². The van der Waals surface area contributed by atoms with Crippen LogP contribution < -0.4 is 10.1 Å². The smallest absolute Gasteiger partial charge is 0.411 e. The molecule has 4 aromatic carbocycles. The van der Waals surface area contributed by atoms with Crippen LogP contribution in [0.15, 0.2) is 109 Å². The number of aliphatic hydroxyl groups excluding tert-OH is 1. The number of fused-ring (bicyclic) bond motifs is 4. The lowest BCUT2D eigenvalue weighted by Crippen LogP contribution is -2.43. The number of benzene rings is 4. The Morgan fingerprint density at radius 1 is 0.642 bits per heavy atom. The third kappa shape index (κ3) is 19.9. The van der Waals surface area contributed by atoms with E-state index >= 15 is 4.39 Å². The Hall–Kier alpha value is -7.02. The number of nitrogens with one attached hydrogen (secondary N) is 1. The number of hydrogen-bond acceptors (Lipinski definition) is 10. The number of aliphatic hydroxyl groups is 1. The SMILES string of the molecule is CC(C)C1CC(OCc2ccccc2)CN1.CC(C)C1CCC(c2ccccc2)N1C(=O)OC(C)(C)C.CC(C)C1CCCN1C(=O)C1CCCC1.CC(C)c1nc2cccc3c2n1CCC3.CC(C)n1nc(C(C)(F)F)c2c1C(O)C1CC21.CC(C)n1nc(C(C)(F)Oc2ccccc2)c2c1CCCC2. The van der Waals surface area contributed by atoms with E-state index in [0.717, 1.165) is 103 Å². The first kappa shape index (κ1) is 81.5. The number of hydrogen-bond donors (Lipinski definition) is 2. The van der Waals surface area contributed by atoms with Crippen LogP contribution in [0.5, 0.6) is 5.75 Å². The average molecular weight is 1460 g/mol. The fourth-order valence-electron chi connectivity index (χ4n) is 17.1. The van der Waals surface area contributed by atoms with Crippen molar-refractivity contribution in [3.8, 4) is 5.75 Å². The first-order chi connectivity index (χ1) is 50.3. The highest BCUT2D eigenvalue weighted by Crippen LogP contribution is 2.64. The van der Waals surface area contributed by atoms with Crippen molar-refractivity contribution in [3.63, 3.8) is 0 Å². The van der Waals surface area contributed by atoms with E-state index in [-0.39, 0.29) is 47.8 Å². The highest BCUT2D eigenvalue weighted by atomic mass is 19.3. The molecule has 2 N–H and O–H groups in total. The minimum Gasteiger partial charge on any atom is -0.452 e. The number of halogens is 3. The third-order valence-corrected chi connectivity index (χ3v) is 22.5. The lowest BCUT2D eigenvalue weighted by molar-refractivity contribution is -0.136. The molecule has 106 heavy (non-hydrogen) atoms. The van der Waals surface area contributed by atoms with Crippen LogP contribution in [0.3, 0.4) is 0 Å². The molecular formula is C88H126F3N9O6. The molecule has 8 aliphatic rings. The second-order valence-corrected chi connectivity index (χ2v) is 34.1. The van der Waals surface area contributed by atoms with Crippen molar-refractivity contribution in [1.82, 2.24) is 44.2 Å². The van der Waals surface area contributed by atoms with E-state index in [1.807, 2.05) is 86.7 Å². The molecule has 3 aromatic heterocycles. The van der Waals surface area contributed by atoms with Gasteiger partial charge in [0.2, 0.25) is 5.91 Å². The second-order valence-electron chi connectivity index (χ2n) is 34.1. The van der Waals surface area contributed by atoms with Crippen molar-refractivity contribution in [3.05, 3.63) is 166 Å². The van der Waals surface area contributed by atoms with Crippen LogP contribution in [0.1, 0.15) is 294 Å². The van der Waals surface area contributed by atoms with Gasteiger partial charge in [0.15, 0.2) is 0 Å². The summed E-state index contributed by atoms with van der Waals surface area (Å²) in [6.07, 6.45) is 17.4. The normalized spacial score (nSPS) is 22.9. The Labute approximate surface area is 631 Å². The van der Waals surface area contributed by atoms with Crippen LogP contribution >= 0.6 is 0 Å². The zero-order chi connectivity index (χ0) is 76.5. The molecule has 18 heteroatoms. The van der Waals surface area contributed by atoms with Crippen LogP contribution in [0.2, 0.25) is 0 Å². The Morgan fingerprint density at radius 2 is 1.27 bits per heavy atom. The van der Waals surface area contributed by atoms with Crippen molar-refractivity contribution in [1.29, 1.82) is 0 Å². The van der Waals surface area contributed by atoms with Gasteiger partial charge in [-0.05, 0) is 203 Å². The number of likely N-dealkylation sites (tertiary alicyclic amines) is 2. The van der Waals surface area contributed by atoms with Crippen molar-refractivity contribution in [2.24, 2.45) is 29.6 Å². The molecule has 7 aromatic rings. The predicted molar refractivity (Wildman–Crippen MR) is 418 cm³/mol. The number of alkyl halides is 3. The molecule has 0 radical (unpaired) electrons. The lowest BCUT2D eigenvalue weighted by Gasteiger charge is -2.34. The number of aryl methyl sites for hydroxylation is 2. The molecule has 4 aliphatic heterocycles. The molecule has 7 heterocycles. The topological polar surface area (TPSA) is 154 Å². The quantitative estimate of drug-likeness (QED) is 0.101. The summed E-state index contributed by atoms with van der Waals surface area (Å²) in [5, 5.41) is 22.2. The van der Waals surface area contributed by atoms with Crippen molar-refractivity contribution < 1.29 is 42.1 Å². The van der Waals surface area contributed by atoms with Gasteiger partial charge < -0.3 is 34.1 Å². The summed E-state index contributed by atoms with van der Waals surface area (Å²) in [7, 11) is 0. The van der Waals surface area contributed by atoms with E-state index in [9.17, 15) is 23.5 Å². The maximum atomic E-state index is 15.3. The Balaban J connectivity index is 0.000000137. The van der Waals surface area contributed by atoms with Crippen molar-refractivity contribution in [2.75, 3.05) is 13.1 Å². The second kappa shape index (κ2) is 35.6. The van der Waals surface area contributed by atoms with E-state index in [1.165, 1.54) is 84.7 Å². The monoisotopic (exact) mass is 1460 g/mol. The van der Waals surface area contributed by atoms with E-state index in [2.05, 4.69) is 149 Å². The number of amides is 2. The molecule has 0 spiro atoms. The third-order valence-electron chi connectivity index (χ3n) is 22.5. The Bertz CT molecular complexity index is 3940. The molecule has 580 valence electrons. The highest BCUT2D eigenvalue weighted by molar-refractivity contribution is 5.81. The van der Waals surface area contributed by atoms with Gasteiger partial charge in [-0.25, -0.2) is 9.78 Å². The number of imidazole rings is 1. The van der Waals surface area contributed by atoms with Crippen LogP contribution in [0.25, 0.3) is 11.0 Å². The van der Waals surface area contributed by atoms with E-state index in [4.69, 9.17) is 19.2 Å². The van der Waals surface area contributed by atoms with Gasteiger partial charge in [0, 0.05) is 92.3 Å². The van der Waals surface area contributed by atoms with Gasteiger partial charge in [-0.1, -0.05) is 159 Å². The number of carbonyl (C=O) groups excluding carboxylic acids is 2. The number of nitrogens with zero attached hydrogens (tertiary/aromatic N) is 8. The molecule has 2 amide bonds. The molecule has 15 rings (SSSR count). The molecule has 4 aliphatic carbocycles. The standard InChI is InChI=1S/C18H23FN2O.C18H27NO2.C14H21NO.C13H16N2.C13H23NO.C12H16F2N2O/c1-13(2)21-16-12-8-7-11-15(16)17(20-21)18(3,19)22-14-9-5-4-6-10-14;1-13(2)15-11-12-16(14-9-7-6-8-10-14)19(15)17(20)21-18(3,4)5;1-11(2)14-8-13(9-15-14)16-10-12-6-4-3-5-7-12;1-9(2)13-14-11-7-3-5-10-6-4-8-15(13)12(10)11;1-10(2)12-8-5-9-14(12)13(15)11-6-3-4-7-11;1-5(2)16-9-8(6-4-7(6)10(9)17)11(15-16)12(3,13)14/h4-6,9-10,13H,7-8,11-12H2,1-3H3;6-10,13,15-16H,11-12H2,1-5H3;3-7,11,13-15H,8-10H2,1-2H3;3,5,7,9H,4,6,8H2,1-2H3;10-12H,3-9H2,1-2H3;5-7,10,17H,4H2,1-3H3. The molecule has 9 unspecified atom stereocenters. The molecule has 3 saturated heterocycles. The molecule has 5 fully saturated rings. The minimum atomic E-state index is -2.93. The molecule has 2 saturated carbocycles. The molecular weight excluding hydrogens is 1340 g/mol. The van der Waals surface area contributed by atoms with E-state index in [0.29, 0.717) is 76.4 Å². The highest BCUT2D eigenvalue weighted by Gasteiger charge is 2.57. The van der Waals surface area contributed by atoms with Gasteiger partial charge in [0.05, 0.1) is 41.6 Å². The van der Waals surface area contributed by atoms with Gasteiger partial charge in [-0.3, -0.25) is 19.1 Å². The van der Waals surface area contributed by atoms with E-state index in [1.54, 1.807) is 16.8 Å². The van der Waals surface area contributed by atoms with Crippen molar-refractivity contribution >= 4 is 23.0 Å². The molecule has 15 nitrogen and oxygen atoms in total. The first-order valence-electron chi connectivity index (χ1n) is 40.3. The summed E-state index contributed by atoms with van der Waals surface area (Å²) >= 11 is 0. The lowest BCUT2D eigenvalue weighted by atomic mass is 9.93. The molecule has 9 atom stereocenters. The summed E-state index contributed by atoms with van der Waals surface area (Å²) < 4.78 is 65.5. The summed E-state index contributed by atoms with van der Waals surface area (Å²) in [4.78, 5) is 33.8. The molecule has 0 bridgehead atoms. The van der Waals surface area contributed by atoms with Crippen LogP contribution in [0, 0.1) is 29.6 Å². The van der Waals surface area contributed by atoms with Crippen LogP contribution in [0.4, 0.5) is 18.0 Å². The van der Waals surface area contributed by atoms with Gasteiger partial charge in [0.25, 0.3) is 11.8 Å². The summed E-state index contributed by atoms with van der Waals surface area (Å²) in [5.41, 5.74) is 9.80. The first-order valence-corrected chi connectivity index (χ1v) is 40.3. The van der Waals surface area contributed by atoms with Gasteiger partial charge in [-0.15, -0.1) is 0 Å². The predicted octanol–water partition coefficient (Wildman–Crippen LogP) is 20.6. The zero-order valence-corrected chi connectivity index (χ0v) is 66.9. The number of ether oxygens (including phenoxy) is 3. The number of para-hydroxylation sites is 2. The largest absolute Gasteiger partial charge is 0.452 e.